The molecule has 2 rings (SSSR count). The average Bonchev–Trinajstić information content (AvgIpc) is 2.38. The normalized spacial score (nSPS) is 9.25. The van der Waals surface area contributed by atoms with Crippen molar-refractivity contribution >= 4 is 17.3 Å². The summed E-state index contributed by atoms with van der Waals surface area (Å²) in [6.07, 6.45) is 0. The fourth-order valence-corrected chi connectivity index (χ4v) is 1.44. The lowest BCUT2D eigenvalue weighted by atomic mass is 10.1. The summed E-state index contributed by atoms with van der Waals surface area (Å²) in [5.41, 5.74) is 2.38. The second-order valence-electron chi connectivity index (χ2n) is 3.34. The van der Waals surface area contributed by atoms with Crippen LogP contribution in [0.2, 0.25) is 0 Å². The number of para-hydroxylation sites is 1. The van der Waals surface area contributed by atoms with Crippen LogP contribution in [0.4, 0.5) is 5.69 Å². The van der Waals surface area contributed by atoms with Gasteiger partial charge in [-0.25, -0.2) is 5.87 Å². The summed E-state index contributed by atoms with van der Waals surface area (Å²) in [5.74, 6) is 2.17. The van der Waals surface area contributed by atoms with E-state index < -0.39 is 0 Å². The summed E-state index contributed by atoms with van der Waals surface area (Å²) in [6, 6.07) is 19.3. The Kier molecular flexibility index (Phi) is 3.17. The number of hydrogen-bond donors (Lipinski definition) is 1. The Balaban J connectivity index is 2.24. The van der Waals surface area contributed by atoms with Gasteiger partial charge < -0.3 is 10.7 Å². The van der Waals surface area contributed by atoms with Crippen molar-refractivity contribution in [1.29, 1.82) is 0 Å². The first kappa shape index (κ1) is 10.2. The SMILES string of the molecule is [N-]=C=C(Nc1ccccc1)c1ccccc1. The minimum Gasteiger partial charge on any atom is -0.762 e. The lowest BCUT2D eigenvalue weighted by Crippen LogP contribution is -1.98. The first-order valence-corrected chi connectivity index (χ1v) is 5.04. The minimum absolute atomic E-state index is 0.562. The molecule has 0 saturated carbocycles. The zero-order valence-corrected chi connectivity index (χ0v) is 8.72. The van der Waals surface area contributed by atoms with Gasteiger partial charge in [-0.1, -0.05) is 48.5 Å². The maximum absolute atomic E-state index is 9.09. The Labute approximate surface area is 94.8 Å². The number of benzene rings is 2. The van der Waals surface area contributed by atoms with Gasteiger partial charge in [0.2, 0.25) is 0 Å². The van der Waals surface area contributed by atoms with Crippen molar-refractivity contribution in [2.45, 2.75) is 0 Å². The van der Waals surface area contributed by atoms with E-state index in [9.17, 15) is 0 Å². The number of nitrogens with one attached hydrogen (secondary N) is 1. The van der Waals surface area contributed by atoms with Gasteiger partial charge in [0.1, 0.15) is 0 Å². The maximum Gasteiger partial charge on any atom is 0.0656 e. The van der Waals surface area contributed by atoms with Gasteiger partial charge in [-0.15, -0.1) is 0 Å². The highest BCUT2D eigenvalue weighted by Crippen LogP contribution is 2.15. The summed E-state index contributed by atoms with van der Waals surface area (Å²) in [7, 11) is 0. The first-order chi connectivity index (χ1) is 7.90. The predicted octanol–water partition coefficient (Wildman–Crippen LogP) is 3.38. The molecule has 2 heteroatoms. The van der Waals surface area contributed by atoms with Crippen LogP contribution < -0.4 is 5.32 Å². The van der Waals surface area contributed by atoms with Crippen LogP contribution in [-0.4, -0.2) is 5.87 Å². The molecule has 0 saturated heterocycles. The van der Waals surface area contributed by atoms with Crippen LogP contribution in [0.15, 0.2) is 60.7 Å². The van der Waals surface area contributed by atoms with Crippen LogP contribution in [-0.2, 0) is 0 Å². The molecule has 2 nitrogen and oxygen atoms in total. The molecule has 0 spiro atoms. The molecule has 0 aromatic heterocycles. The molecule has 1 N–H and O–H groups in total. The highest BCUT2D eigenvalue weighted by Gasteiger charge is 1.97. The van der Waals surface area contributed by atoms with Gasteiger partial charge in [0.15, 0.2) is 0 Å². The molecule has 2 aromatic rings. The van der Waals surface area contributed by atoms with Gasteiger partial charge in [-0.05, 0) is 12.1 Å². The van der Waals surface area contributed by atoms with E-state index in [-0.39, 0.29) is 0 Å². The van der Waals surface area contributed by atoms with Crippen LogP contribution in [0.1, 0.15) is 5.56 Å². The molecule has 0 aliphatic heterocycles. The van der Waals surface area contributed by atoms with Crippen LogP contribution in [0.3, 0.4) is 0 Å². The van der Waals surface area contributed by atoms with Gasteiger partial charge in [-0.2, -0.15) is 0 Å². The smallest absolute Gasteiger partial charge is 0.0656 e. The summed E-state index contributed by atoms with van der Waals surface area (Å²) in [5, 5.41) is 12.2. The van der Waals surface area contributed by atoms with Gasteiger partial charge >= 0.3 is 0 Å². The van der Waals surface area contributed by atoms with Gasteiger partial charge in [0.25, 0.3) is 0 Å². The molecule has 0 aliphatic rings. The molecule has 78 valence electrons. The second-order valence-corrected chi connectivity index (χ2v) is 3.34. The monoisotopic (exact) mass is 207 g/mol. The largest absolute Gasteiger partial charge is 0.762 e. The van der Waals surface area contributed by atoms with Gasteiger partial charge in [0.05, 0.1) is 5.70 Å². The van der Waals surface area contributed by atoms with Crippen LogP contribution in [0.25, 0.3) is 11.1 Å². The van der Waals surface area contributed by atoms with Crippen molar-refractivity contribution in [3.8, 4) is 0 Å². The lowest BCUT2D eigenvalue weighted by Gasteiger charge is -2.10. The third kappa shape index (κ3) is 2.38. The number of hydrogen-bond acceptors (Lipinski definition) is 1. The Morgan fingerprint density at radius 3 is 2.00 bits per heavy atom. The van der Waals surface area contributed by atoms with E-state index in [1.165, 1.54) is 0 Å². The third-order valence-corrected chi connectivity index (χ3v) is 2.22. The summed E-state index contributed by atoms with van der Waals surface area (Å²) in [6.45, 7) is 0. The average molecular weight is 207 g/mol. The molecule has 0 heterocycles. The fraction of sp³-hybridized carbons (Fsp3) is 0. The molecular formula is C14H11N2-. The van der Waals surface area contributed by atoms with E-state index in [1.54, 1.807) is 0 Å². The van der Waals surface area contributed by atoms with Gasteiger partial charge in [0, 0.05) is 11.3 Å². The van der Waals surface area contributed by atoms with Crippen molar-refractivity contribution in [2.24, 2.45) is 0 Å². The molecule has 16 heavy (non-hydrogen) atoms. The maximum atomic E-state index is 9.09. The van der Waals surface area contributed by atoms with Crippen molar-refractivity contribution in [3.05, 3.63) is 71.6 Å². The van der Waals surface area contributed by atoms with Crippen LogP contribution >= 0.6 is 0 Å². The minimum atomic E-state index is 0.562. The zero-order valence-electron chi connectivity index (χ0n) is 8.72. The second kappa shape index (κ2) is 4.96. The Morgan fingerprint density at radius 2 is 1.44 bits per heavy atom. The van der Waals surface area contributed by atoms with Crippen molar-refractivity contribution in [1.82, 2.24) is 0 Å². The van der Waals surface area contributed by atoms with E-state index in [0.717, 1.165) is 11.3 Å². The fourth-order valence-electron chi connectivity index (χ4n) is 1.44. The number of anilines is 1. The highest BCUT2D eigenvalue weighted by atomic mass is 14.9. The third-order valence-electron chi connectivity index (χ3n) is 2.22. The van der Waals surface area contributed by atoms with E-state index in [0.29, 0.717) is 5.70 Å². The van der Waals surface area contributed by atoms with Gasteiger partial charge in [-0.3, -0.25) is 0 Å². The lowest BCUT2D eigenvalue weighted by molar-refractivity contribution is 1.55. The molecule has 0 bridgehead atoms. The standard InChI is InChI=1S/C14H11N2/c15-11-14(12-7-3-1-4-8-12)16-13-9-5-2-6-10-13/h1-10,16H/q-1. The number of nitrogens with zero attached hydrogens (tertiary/aromatic N) is 1. The summed E-state index contributed by atoms with van der Waals surface area (Å²) in [4.78, 5) is 0. The topological polar surface area (TPSA) is 34.3 Å². The van der Waals surface area contributed by atoms with Crippen molar-refractivity contribution < 1.29 is 0 Å². The number of rotatable bonds is 3. The molecular weight excluding hydrogens is 196 g/mol. The Morgan fingerprint density at radius 1 is 0.875 bits per heavy atom. The molecule has 0 atom stereocenters. The van der Waals surface area contributed by atoms with Crippen molar-refractivity contribution in [2.75, 3.05) is 5.32 Å². The Hall–Kier alpha value is -2.31. The van der Waals surface area contributed by atoms with E-state index in [4.69, 9.17) is 5.41 Å². The van der Waals surface area contributed by atoms with Crippen LogP contribution in [0.5, 0.6) is 0 Å². The summed E-state index contributed by atoms with van der Waals surface area (Å²) < 4.78 is 0. The molecule has 2 aromatic carbocycles. The van der Waals surface area contributed by atoms with E-state index in [2.05, 4.69) is 11.2 Å². The highest BCUT2D eigenvalue weighted by molar-refractivity contribution is 5.96. The van der Waals surface area contributed by atoms with E-state index in [1.807, 2.05) is 60.7 Å². The molecule has 0 unspecified atom stereocenters. The zero-order chi connectivity index (χ0) is 11.2. The van der Waals surface area contributed by atoms with Crippen molar-refractivity contribution in [3.63, 3.8) is 0 Å². The quantitative estimate of drug-likeness (QED) is 0.769. The molecule has 0 aliphatic carbocycles. The Bertz CT molecular complexity index is 497. The summed E-state index contributed by atoms with van der Waals surface area (Å²) >= 11 is 0. The predicted molar refractivity (Wildman–Crippen MR) is 68.3 cm³/mol. The molecule has 0 amide bonds. The molecule has 0 radical (unpaired) electrons. The van der Waals surface area contributed by atoms with Crippen LogP contribution in [0, 0.1) is 0 Å². The first-order valence-electron chi connectivity index (χ1n) is 5.04. The van der Waals surface area contributed by atoms with E-state index >= 15 is 0 Å². The molecule has 0 fully saturated rings.